The van der Waals surface area contributed by atoms with Gasteiger partial charge in [0.25, 0.3) is 5.50 Å². The minimum absolute atomic E-state index is 0. The van der Waals surface area contributed by atoms with Gasteiger partial charge in [0.2, 0.25) is 0 Å². The molecule has 0 aliphatic heterocycles. The van der Waals surface area contributed by atoms with Gasteiger partial charge in [0.15, 0.2) is 0 Å². The summed E-state index contributed by atoms with van der Waals surface area (Å²) in [5.74, 6) is -6.19. The van der Waals surface area contributed by atoms with E-state index in [2.05, 4.69) is 0 Å². The third kappa shape index (κ3) is 3.94. The summed E-state index contributed by atoms with van der Waals surface area (Å²) in [5.41, 5.74) is -4.82. The van der Waals surface area contributed by atoms with Gasteiger partial charge >= 0.3 is 63.5 Å². The molecule has 0 fully saturated rings. The fourth-order valence-electron chi connectivity index (χ4n) is 0.310. The van der Waals surface area contributed by atoms with Crippen LogP contribution in [-0.2, 0) is 10.1 Å². The van der Waals surface area contributed by atoms with Crippen LogP contribution in [0.1, 0.15) is 0 Å². The van der Waals surface area contributed by atoms with E-state index in [4.69, 9.17) is 0 Å². The number of halogens is 6. The molecule has 0 heterocycles. The van der Waals surface area contributed by atoms with Gasteiger partial charge in [0.1, 0.15) is 10.1 Å². The standard InChI is InChI=1S/C3H2F6O3S.K/c4-1(13(10,11)12)2(5,6)3(7,8)9;/h1H,(H,10,11,12);/q;+1/p-1. The molecule has 0 rings (SSSR count). The Kier molecular flexibility index (Phi) is 6.22. The van der Waals surface area contributed by atoms with Crippen molar-refractivity contribution in [3.05, 3.63) is 0 Å². The predicted octanol–water partition coefficient (Wildman–Crippen LogP) is -1.97. The third-order valence-electron chi connectivity index (χ3n) is 0.916. The Labute approximate surface area is 117 Å². The molecule has 0 aromatic heterocycles. The molecule has 0 saturated heterocycles. The van der Waals surface area contributed by atoms with Crippen molar-refractivity contribution >= 4 is 10.1 Å². The normalized spacial score (nSPS) is 15.9. The molecule has 11 heteroatoms. The Morgan fingerprint density at radius 3 is 1.43 bits per heavy atom. The first-order chi connectivity index (χ1) is 5.40. The molecule has 80 valence electrons. The molecule has 0 bridgehead atoms. The van der Waals surface area contributed by atoms with Crippen LogP contribution in [0.2, 0.25) is 0 Å². The van der Waals surface area contributed by atoms with Gasteiger partial charge in [0.05, 0.1) is 0 Å². The third-order valence-corrected chi connectivity index (χ3v) is 1.72. The molecule has 0 spiro atoms. The van der Waals surface area contributed by atoms with Crippen LogP contribution in [0.3, 0.4) is 0 Å². The van der Waals surface area contributed by atoms with Gasteiger partial charge in [-0.3, -0.25) is 0 Å². The van der Waals surface area contributed by atoms with Crippen molar-refractivity contribution in [2.24, 2.45) is 0 Å². The molecular weight excluding hydrogens is 269 g/mol. The van der Waals surface area contributed by atoms with Gasteiger partial charge in [-0.15, -0.1) is 0 Å². The maximum Gasteiger partial charge on any atom is 1.00 e. The summed E-state index contributed by atoms with van der Waals surface area (Å²) in [7, 11) is -6.33. The zero-order valence-electron chi connectivity index (χ0n) is 6.48. The Hall–Kier alpha value is 1.13. The second kappa shape index (κ2) is 4.97. The quantitative estimate of drug-likeness (QED) is 0.332. The van der Waals surface area contributed by atoms with E-state index < -0.39 is 27.7 Å². The first-order valence-corrected chi connectivity index (χ1v) is 3.91. The SMILES string of the molecule is O=S(=O)([O-])C(F)C(F)(F)C(F)(F)F.[K+]. The molecule has 0 aliphatic carbocycles. The number of rotatable bonds is 2. The van der Waals surface area contributed by atoms with Crippen LogP contribution >= 0.6 is 0 Å². The second-order valence-electron chi connectivity index (χ2n) is 1.93. The maximum atomic E-state index is 11.8. The van der Waals surface area contributed by atoms with Crippen LogP contribution in [-0.4, -0.2) is 30.6 Å². The van der Waals surface area contributed by atoms with E-state index in [0.717, 1.165) is 0 Å². The Morgan fingerprint density at radius 1 is 1.07 bits per heavy atom. The van der Waals surface area contributed by atoms with Gasteiger partial charge in [-0.25, -0.2) is 12.8 Å². The molecule has 3 nitrogen and oxygen atoms in total. The van der Waals surface area contributed by atoms with Gasteiger partial charge in [0, 0.05) is 0 Å². The average Bonchev–Trinajstić information content (AvgIpc) is 1.81. The van der Waals surface area contributed by atoms with Crippen molar-refractivity contribution < 1.29 is 90.7 Å². The van der Waals surface area contributed by atoms with Crippen molar-refractivity contribution in [3.8, 4) is 0 Å². The summed E-state index contributed by atoms with van der Waals surface area (Å²) in [5, 5.41) is 0. The van der Waals surface area contributed by atoms with E-state index in [1.54, 1.807) is 0 Å². The van der Waals surface area contributed by atoms with Gasteiger partial charge in [-0.05, 0) is 0 Å². The molecule has 14 heavy (non-hydrogen) atoms. The summed E-state index contributed by atoms with van der Waals surface area (Å²) in [6.07, 6.45) is -6.41. The van der Waals surface area contributed by atoms with Crippen LogP contribution < -0.4 is 51.4 Å². The predicted molar refractivity (Wildman–Crippen MR) is 25.6 cm³/mol. The summed E-state index contributed by atoms with van der Waals surface area (Å²) in [6.45, 7) is 0. The molecule has 0 aromatic rings. The average molecular weight is 270 g/mol. The van der Waals surface area contributed by atoms with Crippen molar-refractivity contribution in [1.29, 1.82) is 0 Å². The van der Waals surface area contributed by atoms with E-state index in [-0.39, 0.29) is 51.4 Å². The van der Waals surface area contributed by atoms with Crippen LogP contribution in [0.4, 0.5) is 26.3 Å². The molecule has 0 saturated carbocycles. The van der Waals surface area contributed by atoms with Crippen molar-refractivity contribution in [1.82, 2.24) is 0 Å². The smallest absolute Gasteiger partial charge is 0.746 e. The molecular formula is C3HF6KO3S. The number of hydrogen-bond acceptors (Lipinski definition) is 3. The number of alkyl halides is 6. The molecule has 0 amide bonds. The minimum atomic E-state index is -6.41. The fourth-order valence-corrected chi connectivity index (χ4v) is 0.806. The van der Waals surface area contributed by atoms with Crippen LogP contribution in [0.25, 0.3) is 0 Å². The number of hydrogen-bond donors (Lipinski definition) is 0. The Balaban J connectivity index is 0. The topological polar surface area (TPSA) is 57.2 Å². The molecule has 0 N–H and O–H groups in total. The summed E-state index contributed by atoms with van der Waals surface area (Å²) >= 11 is 0. The van der Waals surface area contributed by atoms with E-state index >= 15 is 0 Å². The van der Waals surface area contributed by atoms with Crippen LogP contribution in [0.5, 0.6) is 0 Å². The zero-order valence-corrected chi connectivity index (χ0v) is 10.4. The molecule has 1 unspecified atom stereocenters. The zero-order chi connectivity index (χ0) is 11.1. The maximum absolute atomic E-state index is 11.8. The van der Waals surface area contributed by atoms with E-state index in [1.807, 2.05) is 0 Å². The second-order valence-corrected chi connectivity index (χ2v) is 3.33. The van der Waals surface area contributed by atoms with E-state index in [9.17, 15) is 39.3 Å². The van der Waals surface area contributed by atoms with Crippen molar-refractivity contribution in [2.45, 2.75) is 17.6 Å². The first-order valence-electron chi connectivity index (χ1n) is 2.44. The molecule has 0 aliphatic rings. The Morgan fingerprint density at radius 2 is 1.36 bits per heavy atom. The molecule has 1 atom stereocenters. The van der Waals surface area contributed by atoms with Gasteiger partial charge < -0.3 is 4.55 Å². The van der Waals surface area contributed by atoms with Crippen molar-refractivity contribution in [2.75, 3.05) is 0 Å². The Bertz CT molecular complexity index is 283. The van der Waals surface area contributed by atoms with E-state index in [0.29, 0.717) is 0 Å². The minimum Gasteiger partial charge on any atom is -0.746 e. The fraction of sp³-hybridized carbons (Fsp3) is 1.00. The first kappa shape index (κ1) is 17.5. The molecule has 0 aromatic carbocycles. The van der Waals surface area contributed by atoms with Gasteiger partial charge in [-0.2, -0.15) is 22.0 Å². The van der Waals surface area contributed by atoms with Gasteiger partial charge in [-0.1, -0.05) is 0 Å². The van der Waals surface area contributed by atoms with Crippen LogP contribution in [0, 0.1) is 0 Å². The van der Waals surface area contributed by atoms with Crippen molar-refractivity contribution in [3.63, 3.8) is 0 Å². The summed E-state index contributed by atoms with van der Waals surface area (Å²) < 4.78 is 97.5. The largest absolute Gasteiger partial charge is 1.00 e. The summed E-state index contributed by atoms with van der Waals surface area (Å²) in [6, 6.07) is 0. The molecule has 0 radical (unpaired) electrons. The van der Waals surface area contributed by atoms with Crippen LogP contribution in [0.15, 0.2) is 0 Å². The van der Waals surface area contributed by atoms with E-state index in [1.165, 1.54) is 0 Å². The monoisotopic (exact) mass is 270 g/mol. The summed E-state index contributed by atoms with van der Waals surface area (Å²) in [4.78, 5) is 0.